The second kappa shape index (κ2) is 4.65. The number of ketones is 2. The molecule has 0 spiro atoms. The summed E-state index contributed by atoms with van der Waals surface area (Å²) in [4.78, 5) is 24.0. The molecule has 4 aliphatic rings. The molecule has 4 aliphatic carbocycles. The van der Waals surface area contributed by atoms with Gasteiger partial charge in [0.05, 0.1) is 6.10 Å². The average molecular weight is 290 g/mol. The zero-order chi connectivity index (χ0) is 14.8. The Kier molecular flexibility index (Phi) is 3.08. The molecule has 0 aromatic carbocycles. The summed E-state index contributed by atoms with van der Waals surface area (Å²) in [5, 5.41) is 10.6. The third kappa shape index (κ3) is 1.89. The van der Waals surface area contributed by atoms with Gasteiger partial charge in [-0.05, 0) is 61.7 Å². The SMILES string of the molecule is C[C@]12CC[C@@H]3[C@H]4CCC(=O)C[C@H]4[C@H](O)C[C@H]3[C@@H]1CCC2=O. The van der Waals surface area contributed by atoms with Crippen molar-refractivity contribution in [3.05, 3.63) is 0 Å². The standard InChI is InChI=1S/C18H26O3/c1-18-7-6-12-11-3-2-10(19)8-14(11)16(20)9-13(12)15(18)4-5-17(18)21/h11-16,20H,2-9H2,1H3/t11-,12-,13-,14-,15+,16-,18+/m1/s1. The molecule has 0 unspecified atom stereocenters. The highest BCUT2D eigenvalue weighted by atomic mass is 16.3. The Balaban J connectivity index is 1.63. The molecular formula is C18H26O3. The molecular weight excluding hydrogens is 264 g/mol. The second-order valence-electron chi connectivity index (χ2n) is 8.26. The van der Waals surface area contributed by atoms with Crippen molar-refractivity contribution in [2.24, 2.45) is 35.0 Å². The molecule has 21 heavy (non-hydrogen) atoms. The molecule has 7 atom stereocenters. The van der Waals surface area contributed by atoms with Crippen molar-refractivity contribution in [1.82, 2.24) is 0 Å². The summed E-state index contributed by atoms with van der Waals surface area (Å²) < 4.78 is 0. The molecule has 4 saturated carbocycles. The maximum absolute atomic E-state index is 12.3. The van der Waals surface area contributed by atoms with Crippen LogP contribution in [0.3, 0.4) is 0 Å². The van der Waals surface area contributed by atoms with Crippen molar-refractivity contribution in [2.75, 3.05) is 0 Å². The van der Waals surface area contributed by atoms with E-state index in [-0.39, 0.29) is 17.4 Å². The highest BCUT2D eigenvalue weighted by Crippen LogP contribution is 2.61. The van der Waals surface area contributed by atoms with Crippen molar-refractivity contribution < 1.29 is 14.7 Å². The van der Waals surface area contributed by atoms with Gasteiger partial charge in [-0.15, -0.1) is 0 Å². The molecule has 0 heterocycles. The van der Waals surface area contributed by atoms with Gasteiger partial charge in [0.25, 0.3) is 0 Å². The highest BCUT2D eigenvalue weighted by Gasteiger charge is 2.58. The van der Waals surface area contributed by atoms with Gasteiger partial charge in [0.1, 0.15) is 11.6 Å². The van der Waals surface area contributed by atoms with E-state index in [9.17, 15) is 14.7 Å². The number of aliphatic hydroxyl groups excluding tert-OH is 1. The number of Topliss-reactive ketones (excluding diaryl/α,β-unsaturated/α-hetero) is 2. The van der Waals surface area contributed by atoms with Crippen molar-refractivity contribution in [2.45, 2.75) is 64.4 Å². The summed E-state index contributed by atoms with van der Waals surface area (Å²) in [5.41, 5.74) is -0.113. The summed E-state index contributed by atoms with van der Waals surface area (Å²) >= 11 is 0. The topological polar surface area (TPSA) is 54.4 Å². The monoisotopic (exact) mass is 290 g/mol. The van der Waals surface area contributed by atoms with Crippen LogP contribution in [0.1, 0.15) is 58.3 Å². The number of carbonyl (C=O) groups is 2. The van der Waals surface area contributed by atoms with E-state index < -0.39 is 0 Å². The van der Waals surface area contributed by atoms with E-state index >= 15 is 0 Å². The molecule has 0 aliphatic heterocycles. The van der Waals surface area contributed by atoms with Gasteiger partial charge in [-0.1, -0.05) is 6.92 Å². The van der Waals surface area contributed by atoms with E-state index in [1.807, 2.05) is 0 Å². The molecule has 116 valence electrons. The molecule has 0 aromatic rings. The van der Waals surface area contributed by atoms with E-state index in [1.54, 1.807) is 0 Å². The molecule has 3 heteroatoms. The first-order chi connectivity index (χ1) is 10.0. The third-order valence-corrected chi connectivity index (χ3v) is 7.53. The van der Waals surface area contributed by atoms with Crippen LogP contribution in [0.4, 0.5) is 0 Å². The lowest BCUT2D eigenvalue weighted by molar-refractivity contribution is -0.143. The minimum atomic E-state index is -0.321. The van der Waals surface area contributed by atoms with Crippen LogP contribution in [0, 0.1) is 35.0 Å². The lowest BCUT2D eigenvalue weighted by atomic mass is 9.50. The maximum Gasteiger partial charge on any atom is 0.139 e. The predicted molar refractivity (Wildman–Crippen MR) is 78.5 cm³/mol. The van der Waals surface area contributed by atoms with Crippen molar-refractivity contribution in [3.8, 4) is 0 Å². The summed E-state index contributed by atoms with van der Waals surface area (Å²) in [5.74, 6) is 3.17. The molecule has 3 nitrogen and oxygen atoms in total. The van der Waals surface area contributed by atoms with E-state index in [1.165, 1.54) is 0 Å². The van der Waals surface area contributed by atoms with Crippen molar-refractivity contribution in [1.29, 1.82) is 0 Å². The van der Waals surface area contributed by atoms with Gasteiger partial charge in [-0.2, -0.15) is 0 Å². The Morgan fingerprint density at radius 2 is 1.76 bits per heavy atom. The van der Waals surface area contributed by atoms with E-state index in [0.29, 0.717) is 48.1 Å². The number of fused-ring (bicyclic) bond motifs is 5. The summed E-state index contributed by atoms with van der Waals surface area (Å²) in [6.07, 6.45) is 6.71. The van der Waals surface area contributed by atoms with Gasteiger partial charge in [-0.25, -0.2) is 0 Å². The molecule has 1 N–H and O–H groups in total. The van der Waals surface area contributed by atoms with Gasteiger partial charge in [0.2, 0.25) is 0 Å². The molecule has 0 amide bonds. The molecule has 4 rings (SSSR count). The Hall–Kier alpha value is -0.700. The predicted octanol–water partition coefficient (Wildman–Crippen LogP) is 2.75. The van der Waals surface area contributed by atoms with Gasteiger partial charge in [-0.3, -0.25) is 9.59 Å². The fraction of sp³-hybridized carbons (Fsp3) is 0.889. The van der Waals surface area contributed by atoms with E-state index in [0.717, 1.165) is 38.5 Å². The lowest BCUT2D eigenvalue weighted by Crippen LogP contribution is -2.53. The zero-order valence-corrected chi connectivity index (χ0v) is 12.9. The Labute approximate surface area is 126 Å². The second-order valence-corrected chi connectivity index (χ2v) is 8.26. The van der Waals surface area contributed by atoms with Crippen molar-refractivity contribution in [3.63, 3.8) is 0 Å². The molecule has 0 radical (unpaired) electrons. The fourth-order valence-corrected chi connectivity index (χ4v) is 6.42. The van der Waals surface area contributed by atoms with E-state index in [2.05, 4.69) is 6.92 Å². The summed E-state index contributed by atoms with van der Waals surface area (Å²) in [6, 6.07) is 0. The maximum atomic E-state index is 12.3. The smallest absolute Gasteiger partial charge is 0.139 e. The fourth-order valence-electron chi connectivity index (χ4n) is 6.42. The van der Waals surface area contributed by atoms with Crippen LogP contribution < -0.4 is 0 Å². The first kappa shape index (κ1) is 13.9. The van der Waals surface area contributed by atoms with Gasteiger partial charge >= 0.3 is 0 Å². The van der Waals surface area contributed by atoms with Crippen LogP contribution in [0.25, 0.3) is 0 Å². The lowest BCUT2D eigenvalue weighted by Gasteiger charge is -2.55. The van der Waals surface area contributed by atoms with Crippen LogP contribution in [-0.4, -0.2) is 22.8 Å². The number of carbonyl (C=O) groups excluding carboxylic acids is 2. The number of hydrogen-bond acceptors (Lipinski definition) is 3. The third-order valence-electron chi connectivity index (χ3n) is 7.53. The highest BCUT2D eigenvalue weighted by molar-refractivity contribution is 5.87. The number of hydrogen-bond donors (Lipinski definition) is 1. The minimum absolute atomic E-state index is 0.113. The quantitative estimate of drug-likeness (QED) is 0.746. The average Bonchev–Trinajstić information content (AvgIpc) is 2.76. The van der Waals surface area contributed by atoms with Gasteiger partial charge in [0.15, 0.2) is 0 Å². The van der Waals surface area contributed by atoms with Crippen LogP contribution in [0.2, 0.25) is 0 Å². The molecule has 4 fully saturated rings. The minimum Gasteiger partial charge on any atom is -0.393 e. The zero-order valence-electron chi connectivity index (χ0n) is 12.9. The van der Waals surface area contributed by atoms with Crippen LogP contribution in [0.15, 0.2) is 0 Å². The normalized spacial score (nSPS) is 53.0. The van der Waals surface area contributed by atoms with E-state index in [4.69, 9.17) is 0 Å². The summed E-state index contributed by atoms with van der Waals surface area (Å²) in [7, 11) is 0. The first-order valence-corrected chi connectivity index (χ1v) is 8.74. The van der Waals surface area contributed by atoms with Crippen molar-refractivity contribution >= 4 is 11.6 Å². The Bertz CT molecular complexity index is 485. The van der Waals surface area contributed by atoms with Gasteiger partial charge < -0.3 is 5.11 Å². The number of rotatable bonds is 0. The first-order valence-electron chi connectivity index (χ1n) is 8.74. The Morgan fingerprint density at radius 1 is 1.00 bits per heavy atom. The van der Waals surface area contributed by atoms with Crippen LogP contribution in [0.5, 0.6) is 0 Å². The van der Waals surface area contributed by atoms with Crippen LogP contribution in [-0.2, 0) is 9.59 Å². The molecule has 0 bridgehead atoms. The molecule has 0 aromatic heterocycles. The summed E-state index contributed by atoms with van der Waals surface area (Å²) in [6.45, 7) is 2.17. The Morgan fingerprint density at radius 3 is 2.57 bits per heavy atom. The largest absolute Gasteiger partial charge is 0.393 e. The number of aliphatic hydroxyl groups is 1. The van der Waals surface area contributed by atoms with Crippen LogP contribution >= 0.6 is 0 Å². The molecule has 0 saturated heterocycles. The van der Waals surface area contributed by atoms with Gasteiger partial charge in [0, 0.05) is 24.7 Å².